The fraction of sp³-hybridized carbons (Fsp3) is 0.100. The van der Waals surface area contributed by atoms with Gasteiger partial charge >= 0.3 is 5.97 Å². The molecule has 0 aliphatic rings. The van der Waals surface area contributed by atoms with Crippen LogP contribution in [0.1, 0.15) is 18.1 Å². The largest absolute Gasteiger partial charge is 0.427 e. The molecule has 2 heterocycles. The Hall–Kier alpha value is -3.32. The van der Waals surface area contributed by atoms with Gasteiger partial charge in [0.2, 0.25) is 4.96 Å². The van der Waals surface area contributed by atoms with E-state index in [2.05, 4.69) is 10.1 Å². The van der Waals surface area contributed by atoms with Crippen molar-refractivity contribution in [2.45, 2.75) is 13.8 Å². The lowest BCUT2D eigenvalue weighted by Gasteiger charge is -2.01. The van der Waals surface area contributed by atoms with Gasteiger partial charge in [-0.15, -0.1) is 5.10 Å². The molecule has 2 aromatic carbocycles. The van der Waals surface area contributed by atoms with Crippen LogP contribution in [0.15, 0.2) is 53.3 Å². The highest BCUT2D eigenvalue weighted by atomic mass is 32.1. The number of ether oxygens (including phenoxy) is 1. The molecule has 0 fully saturated rings. The van der Waals surface area contributed by atoms with Crippen molar-refractivity contribution < 1.29 is 9.53 Å². The molecule has 0 bridgehead atoms. The normalized spacial score (nSPS) is 11.9. The molecule has 134 valence electrons. The molecular formula is C20H15N3O3S. The number of aryl methyl sites for hydroxylation is 1. The summed E-state index contributed by atoms with van der Waals surface area (Å²) in [6.45, 7) is 3.34. The molecule has 0 spiro atoms. The highest BCUT2D eigenvalue weighted by molar-refractivity contribution is 7.15. The van der Waals surface area contributed by atoms with Crippen molar-refractivity contribution in [1.82, 2.24) is 14.6 Å². The minimum atomic E-state index is -0.390. The molecule has 0 unspecified atom stereocenters. The van der Waals surface area contributed by atoms with Gasteiger partial charge in [0.25, 0.3) is 5.56 Å². The Morgan fingerprint density at radius 3 is 2.74 bits per heavy atom. The predicted molar refractivity (Wildman–Crippen MR) is 104 cm³/mol. The lowest BCUT2D eigenvalue weighted by Crippen LogP contribution is -2.23. The van der Waals surface area contributed by atoms with E-state index in [1.54, 1.807) is 24.3 Å². The van der Waals surface area contributed by atoms with Crippen LogP contribution in [0.2, 0.25) is 0 Å². The summed E-state index contributed by atoms with van der Waals surface area (Å²) >= 11 is 1.27. The summed E-state index contributed by atoms with van der Waals surface area (Å²) in [6, 6.07) is 14.8. The molecule has 0 N–H and O–H groups in total. The lowest BCUT2D eigenvalue weighted by molar-refractivity contribution is -0.131. The topological polar surface area (TPSA) is 73.6 Å². The number of aromatic nitrogens is 3. The summed E-state index contributed by atoms with van der Waals surface area (Å²) in [5.41, 5.74) is 2.52. The van der Waals surface area contributed by atoms with Crippen molar-refractivity contribution in [1.29, 1.82) is 0 Å². The monoisotopic (exact) mass is 377 g/mol. The van der Waals surface area contributed by atoms with Crippen LogP contribution in [0, 0.1) is 6.92 Å². The molecule has 0 aliphatic heterocycles. The fourth-order valence-electron chi connectivity index (χ4n) is 2.73. The summed E-state index contributed by atoms with van der Waals surface area (Å²) in [6.07, 6.45) is 1.74. The van der Waals surface area contributed by atoms with Crippen molar-refractivity contribution in [3.63, 3.8) is 0 Å². The highest BCUT2D eigenvalue weighted by Crippen LogP contribution is 2.18. The van der Waals surface area contributed by atoms with Crippen molar-refractivity contribution >= 4 is 28.3 Å². The Morgan fingerprint density at radius 1 is 1.19 bits per heavy atom. The minimum Gasteiger partial charge on any atom is -0.427 e. The Morgan fingerprint density at radius 2 is 2.00 bits per heavy atom. The number of esters is 1. The zero-order valence-corrected chi connectivity index (χ0v) is 15.5. The van der Waals surface area contributed by atoms with Gasteiger partial charge in [-0.3, -0.25) is 9.59 Å². The third kappa shape index (κ3) is 3.50. The molecule has 4 rings (SSSR count). The van der Waals surface area contributed by atoms with Crippen LogP contribution < -0.4 is 14.8 Å². The zero-order chi connectivity index (χ0) is 19.0. The SMILES string of the molecule is CC(=O)Oc1cccc(/C=c2/sc3nc(-c4cccc(C)c4)nn3c2=O)c1. The van der Waals surface area contributed by atoms with E-state index in [0.717, 1.165) is 16.7 Å². The number of hydrogen-bond acceptors (Lipinski definition) is 6. The molecule has 0 saturated carbocycles. The van der Waals surface area contributed by atoms with E-state index in [-0.39, 0.29) is 11.5 Å². The maximum absolute atomic E-state index is 12.7. The number of nitrogens with zero attached hydrogens (tertiary/aromatic N) is 3. The quantitative estimate of drug-likeness (QED) is 0.405. The molecule has 2 aromatic heterocycles. The number of benzene rings is 2. The summed E-state index contributed by atoms with van der Waals surface area (Å²) < 4.78 is 6.92. The first-order chi connectivity index (χ1) is 13.0. The van der Waals surface area contributed by atoms with Gasteiger partial charge in [-0.2, -0.15) is 9.50 Å². The zero-order valence-electron chi connectivity index (χ0n) is 14.7. The van der Waals surface area contributed by atoms with Crippen LogP contribution in [0.4, 0.5) is 0 Å². The molecular weight excluding hydrogens is 362 g/mol. The van der Waals surface area contributed by atoms with Gasteiger partial charge in [-0.05, 0) is 36.8 Å². The Labute approximate surface area is 158 Å². The molecule has 0 atom stereocenters. The molecule has 4 aromatic rings. The second-order valence-electron chi connectivity index (χ2n) is 6.08. The molecule has 6 nitrogen and oxygen atoms in total. The van der Waals surface area contributed by atoms with Crippen LogP contribution in [0.5, 0.6) is 5.75 Å². The van der Waals surface area contributed by atoms with Gasteiger partial charge in [0.05, 0.1) is 4.53 Å². The van der Waals surface area contributed by atoms with Crippen LogP contribution in [-0.2, 0) is 4.79 Å². The minimum absolute atomic E-state index is 0.223. The third-order valence-electron chi connectivity index (χ3n) is 3.88. The Kier molecular flexibility index (Phi) is 4.29. The summed E-state index contributed by atoms with van der Waals surface area (Å²) in [4.78, 5) is 28.8. The van der Waals surface area contributed by atoms with Crippen LogP contribution in [0.25, 0.3) is 22.4 Å². The molecule has 0 radical (unpaired) electrons. The van der Waals surface area contributed by atoms with Crippen LogP contribution >= 0.6 is 11.3 Å². The number of carbonyl (C=O) groups is 1. The number of rotatable bonds is 3. The second-order valence-corrected chi connectivity index (χ2v) is 7.09. The van der Waals surface area contributed by atoms with Crippen molar-refractivity contribution in [3.8, 4) is 17.1 Å². The van der Waals surface area contributed by atoms with Gasteiger partial charge in [-0.1, -0.05) is 47.2 Å². The number of carbonyl (C=O) groups excluding carboxylic acids is 1. The number of fused-ring (bicyclic) bond motifs is 1. The second kappa shape index (κ2) is 6.77. The Balaban J connectivity index is 1.75. The lowest BCUT2D eigenvalue weighted by atomic mass is 10.1. The number of hydrogen-bond donors (Lipinski definition) is 0. The van der Waals surface area contributed by atoms with E-state index in [9.17, 15) is 9.59 Å². The van der Waals surface area contributed by atoms with Gasteiger partial charge < -0.3 is 4.74 Å². The predicted octanol–water partition coefficient (Wildman–Crippen LogP) is 2.60. The van der Waals surface area contributed by atoms with Crippen molar-refractivity contribution in [3.05, 3.63) is 74.5 Å². The average molecular weight is 377 g/mol. The third-order valence-corrected chi connectivity index (χ3v) is 4.83. The Bertz CT molecular complexity index is 1270. The summed E-state index contributed by atoms with van der Waals surface area (Å²) in [5, 5.41) is 4.36. The van der Waals surface area contributed by atoms with Gasteiger partial charge in [-0.25, -0.2) is 0 Å². The molecule has 0 saturated heterocycles. The smallest absolute Gasteiger partial charge is 0.308 e. The first kappa shape index (κ1) is 17.1. The highest BCUT2D eigenvalue weighted by Gasteiger charge is 2.12. The van der Waals surface area contributed by atoms with E-state index in [1.165, 1.54) is 22.8 Å². The van der Waals surface area contributed by atoms with Crippen LogP contribution in [0.3, 0.4) is 0 Å². The molecule has 7 heteroatoms. The average Bonchev–Trinajstić information content (AvgIpc) is 3.15. The van der Waals surface area contributed by atoms with Gasteiger partial charge in [0, 0.05) is 12.5 Å². The standard InChI is InChI=1S/C20H15N3O3S/c1-12-5-3-7-15(9-12)18-21-20-23(22-18)19(25)17(27-20)11-14-6-4-8-16(10-14)26-13(2)24/h3-11H,1-2H3/b17-11+. The van der Waals surface area contributed by atoms with Crippen LogP contribution in [-0.4, -0.2) is 20.6 Å². The molecule has 27 heavy (non-hydrogen) atoms. The maximum Gasteiger partial charge on any atom is 0.308 e. The van der Waals surface area contributed by atoms with E-state index in [4.69, 9.17) is 4.74 Å². The maximum atomic E-state index is 12.7. The van der Waals surface area contributed by atoms with E-state index in [0.29, 0.717) is 21.1 Å². The molecule has 0 amide bonds. The van der Waals surface area contributed by atoms with Gasteiger partial charge in [0.1, 0.15) is 5.75 Å². The van der Waals surface area contributed by atoms with Crippen molar-refractivity contribution in [2.24, 2.45) is 0 Å². The fourth-order valence-corrected chi connectivity index (χ4v) is 3.63. The van der Waals surface area contributed by atoms with Crippen molar-refractivity contribution in [2.75, 3.05) is 0 Å². The summed E-state index contributed by atoms with van der Waals surface area (Å²) in [7, 11) is 0. The van der Waals surface area contributed by atoms with Gasteiger partial charge in [0.15, 0.2) is 5.82 Å². The van der Waals surface area contributed by atoms with E-state index in [1.807, 2.05) is 37.3 Å². The number of thiazole rings is 1. The summed E-state index contributed by atoms with van der Waals surface area (Å²) in [5.74, 6) is 0.578. The van der Waals surface area contributed by atoms with E-state index < -0.39 is 0 Å². The van der Waals surface area contributed by atoms with E-state index >= 15 is 0 Å². The molecule has 0 aliphatic carbocycles. The first-order valence-corrected chi connectivity index (χ1v) is 9.08. The first-order valence-electron chi connectivity index (χ1n) is 8.26.